The van der Waals surface area contributed by atoms with Gasteiger partial charge in [-0.15, -0.1) is 24.0 Å². The molecule has 1 N–H and O–H groups in total. The second kappa shape index (κ2) is 22.6. The Balaban J connectivity index is -0.0000000339. The highest BCUT2D eigenvalue weighted by Gasteiger charge is 1.66. The van der Waals surface area contributed by atoms with Crippen LogP contribution in [0.15, 0.2) is 0 Å². The van der Waals surface area contributed by atoms with Crippen LogP contribution in [0.3, 0.4) is 0 Å². The van der Waals surface area contributed by atoms with Gasteiger partial charge in [-0.3, -0.25) is 0 Å². The van der Waals surface area contributed by atoms with Gasteiger partial charge in [0.1, 0.15) is 0 Å². The van der Waals surface area contributed by atoms with Crippen LogP contribution < -0.4 is 0 Å². The zero-order valence-corrected chi connectivity index (χ0v) is 13.6. The van der Waals surface area contributed by atoms with Crippen molar-refractivity contribution >= 4 is 61.2 Å². The van der Waals surface area contributed by atoms with Crippen molar-refractivity contribution in [3.05, 3.63) is 4.91 Å². The van der Waals surface area contributed by atoms with E-state index in [0.717, 1.165) is 9.82 Å². The van der Waals surface area contributed by atoms with Gasteiger partial charge in [0.15, 0.2) is 14.1 Å². The average molecular weight is 503 g/mol. The fraction of sp³-hybridized carbons (Fsp3) is 1.00. The second-order valence-electron chi connectivity index (χ2n) is 1.66. The number of hydrogen-bond donors (Lipinski definition) is 1. The number of halogens is 3. The van der Waals surface area contributed by atoms with Crippen molar-refractivity contribution < 1.29 is 9.97 Å². The summed E-state index contributed by atoms with van der Waals surface area (Å²) in [5.74, 6) is 0. The fourth-order valence-electron chi connectivity index (χ4n) is 0. The molecule has 0 radical (unpaired) electrons. The van der Waals surface area contributed by atoms with Crippen molar-refractivity contribution in [1.82, 2.24) is 5.06 Å². The monoisotopic (exact) mass is 503 g/mol. The highest BCUT2D eigenvalue weighted by atomic mass is 128. The van der Waals surface area contributed by atoms with Crippen molar-refractivity contribution in [3.8, 4) is 0 Å². The molecule has 72 valence electrons. The quantitative estimate of drug-likeness (QED) is 0.314. The molecule has 0 amide bonds. The molecular formula is C4H14I3N2O2+. The van der Waals surface area contributed by atoms with Gasteiger partial charge in [-0.25, -0.2) is 0 Å². The van der Waals surface area contributed by atoms with Gasteiger partial charge < -0.3 is 5.21 Å². The Morgan fingerprint density at radius 2 is 1.27 bits per heavy atom. The van der Waals surface area contributed by atoms with E-state index in [9.17, 15) is 4.91 Å². The lowest BCUT2D eigenvalue weighted by Gasteiger charge is -1.89. The van der Waals surface area contributed by atoms with Crippen molar-refractivity contribution in [2.45, 2.75) is 0 Å². The molecule has 0 saturated heterocycles. The van der Waals surface area contributed by atoms with E-state index >= 15 is 0 Å². The summed E-state index contributed by atoms with van der Waals surface area (Å²) in [5, 5.41) is 8.89. The average Bonchev–Trinajstić information content (AvgIpc) is 1.66. The molecule has 0 aromatic rings. The Bertz CT molecular complexity index is 65.6. The van der Waals surface area contributed by atoms with Gasteiger partial charge >= 0.3 is 0 Å². The molecule has 0 aromatic heterocycles. The minimum absolute atomic E-state index is 0. The van der Waals surface area contributed by atoms with Crippen molar-refractivity contribution in [2.75, 3.05) is 28.2 Å². The molecule has 0 heterocycles. The van der Waals surface area contributed by atoms with E-state index < -0.39 is 0 Å². The minimum atomic E-state index is 0. The maximum atomic E-state index is 9.36. The first-order valence-electron chi connectivity index (χ1n) is 2.31. The molecule has 0 rings (SSSR count). The largest absolute Gasteiger partial charge is 0.315 e. The third-order valence-corrected chi connectivity index (χ3v) is 0. The molecule has 7 heteroatoms. The zero-order valence-electron chi connectivity index (χ0n) is 6.91. The van der Waals surface area contributed by atoms with Crippen LogP contribution in [0.5, 0.6) is 0 Å². The van der Waals surface area contributed by atoms with Gasteiger partial charge in [0.05, 0.1) is 0 Å². The van der Waals surface area contributed by atoms with Crippen LogP contribution in [0.2, 0.25) is 0 Å². The normalized spacial score (nSPS) is 6.18. The molecule has 0 aliphatic heterocycles. The van der Waals surface area contributed by atoms with Crippen LogP contribution in [-0.4, -0.2) is 43.2 Å². The highest BCUT2D eigenvalue weighted by molar-refractivity contribution is 15.0. The molecule has 0 atom stereocenters. The summed E-state index contributed by atoms with van der Waals surface area (Å²) in [5.41, 5.74) is 0. The molecule has 0 aliphatic rings. The third kappa shape index (κ3) is 378. The lowest BCUT2D eigenvalue weighted by atomic mass is 11.2. The molecule has 0 spiro atoms. The van der Waals surface area contributed by atoms with E-state index in [0.29, 0.717) is 0 Å². The van der Waals surface area contributed by atoms with Gasteiger partial charge in [0.25, 0.3) is 0 Å². The first-order valence-corrected chi connectivity index (χ1v) is 8.60. The summed E-state index contributed by atoms with van der Waals surface area (Å²) in [6, 6.07) is 0. The Hall–Kier alpha value is 1.71. The molecular weight excluding hydrogens is 489 g/mol. The molecule has 0 bridgehead atoms. The Morgan fingerprint density at radius 1 is 1.27 bits per heavy atom. The molecule has 4 nitrogen and oxygen atoms in total. The highest BCUT2D eigenvalue weighted by Crippen LogP contribution is 1.89. The van der Waals surface area contributed by atoms with E-state index in [4.69, 9.17) is 5.21 Å². The maximum absolute atomic E-state index is 9.36. The van der Waals surface area contributed by atoms with Crippen molar-refractivity contribution in [1.29, 1.82) is 0 Å². The lowest BCUT2D eigenvalue weighted by molar-refractivity contribution is -0.486. The molecule has 11 heavy (non-hydrogen) atoms. The molecule has 0 aromatic carbocycles. The third-order valence-electron chi connectivity index (χ3n) is 0. The summed E-state index contributed by atoms with van der Waals surface area (Å²) in [4.78, 5) is 9.36. The van der Waals surface area contributed by atoms with E-state index in [2.05, 4.69) is 37.2 Å². The van der Waals surface area contributed by atoms with E-state index in [1.807, 2.05) is 0 Å². The van der Waals surface area contributed by atoms with E-state index in [-0.39, 0.29) is 24.0 Å². The van der Waals surface area contributed by atoms with Crippen LogP contribution in [0.1, 0.15) is 0 Å². The lowest BCUT2D eigenvalue weighted by Crippen LogP contribution is -2.01. The predicted octanol–water partition coefficient (Wildman–Crippen LogP) is 2.35. The van der Waals surface area contributed by atoms with Crippen LogP contribution in [-0.2, 0) is 0 Å². The SMILES string of the molecule is CN(C)O.C[N+](C)=O.I.II. The zero-order chi connectivity index (χ0) is 9.15. The summed E-state index contributed by atoms with van der Waals surface area (Å²) >= 11 is 4.24. The molecule has 0 unspecified atom stereocenters. The van der Waals surface area contributed by atoms with Crippen molar-refractivity contribution in [3.63, 3.8) is 0 Å². The number of rotatable bonds is 0. The number of hydrogen-bond acceptors (Lipinski definition) is 3. The van der Waals surface area contributed by atoms with Crippen molar-refractivity contribution in [2.24, 2.45) is 0 Å². The number of nitroso groups, excluding NO2 is 1. The van der Waals surface area contributed by atoms with Crippen LogP contribution in [0, 0.1) is 4.91 Å². The summed E-state index contributed by atoms with van der Waals surface area (Å²) in [6.45, 7) is 0. The first kappa shape index (κ1) is 23.0. The van der Waals surface area contributed by atoms with Gasteiger partial charge in [-0.2, -0.15) is 5.06 Å². The summed E-state index contributed by atoms with van der Waals surface area (Å²) in [7, 11) is 6.00. The number of hydroxylamine groups is 2. The number of nitrogens with zero attached hydrogens (tertiary/aromatic N) is 2. The Labute approximate surface area is 108 Å². The molecule has 0 aliphatic carbocycles. The second-order valence-corrected chi connectivity index (χ2v) is 1.66. The molecule has 0 fully saturated rings. The van der Waals surface area contributed by atoms with Crippen LogP contribution in [0.25, 0.3) is 0 Å². The first-order chi connectivity index (χ1) is 4.46. The van der Waals surface area contributed by atoms with Gasteiger partial charge in [-0.1, -0.05) is 0 Å². The molecule has 0 saturated carbocycles. The van der Waals surface area contributed by atoms with Crippen LogP contribution >= 0.6 is 61.2 Å². The minimum Gasteiger partial charge on any atom is -0.315 e. The summed E-state index contributed by atoms with van der Waals surface area (Å²) < 4.78 is 0.750. The van der Waals surface area contributed by atoms with Gasteiger partial charge in [-0.05, 0) is 4.76 Å². The van der Waals surface area contributed by atoms with Gasteiger partial charge in [0.2, 0.25) is 0 Å². The van der Waals surface area contributed by atoms with Crippen LogP contribution in [0.4, 0.5) is 0 Å². The Morgan fingerprint density at radius 3 is 1.27 bits per heavy atom. The standard InChI is InChI=1S/C2H7NO.C2H6NO.I2.HI/c2*1-3(2)4;1-2;/h4H,1-2H3;1-2H3;;1H/q;+1;;. The maximum Gasteiger partial charge on any atom is 0.182 e. The fourth-order valence-corrected chi connectivity index (χ4v) is 0. The smallest absolute Gasteiger partial charge is 0.182 e. The predicted molar refractivity (Wildman–Crippen MR) is 74.4 cm³/mol. The summed E-state index contributed by atoms with van der Waals surface area (Å²) in [6.07, 6.45) is 0. The van der Waals surface area contributed by atoms with Gasteiger partial charge in [0, 0.05) is 56.2 Å². The topological polar surface area (TPSA) is 43.5 Å². The van der Waals surface area contributed by atoms with E-state index in [1.54, 1.807) is 14.1 Å². The van der Waals surface area contributed by atoms with E-state index in [1.165, 1.54) is 14.1 Å². The Kier molecular flexibility index (Phi) is 47.2.